The van der Waals surface area contributed by atoms with E-state index in [2.05, 4.69) is 87.4 Å². The smallest absolute Gasteiger partial charge is 0.662 e. The number of hydrogen-bond donors (Lipinski definition) is 9. The molecule has 10 fully saturated rings. The minimum atomic E-state index is -4.61. The molecule has 10 atom stereocenters. The summed E-state index contributed by atoms with van der Waals surface area (Å²) in [5, 5.41) is 34.7. The number of carbonyl (C=O) groups is 11. The number of carboxylic acids is 2. The van der Waals surface area contributed by atoms with E-state index < -0.39 is 79.7 Å². The van der Waals surface area contributed by atoms with Gasteiger partial charge in [0.25, 0.3) is 15.5 Å². The molecule has 10 aliphatic rings. The Hall–Kier alpha value is -5.95. The van der Waals surface area contributed by atoms with Crippen LogP contribution in [0.4, 0.5) is 19.2 Å². The molecule has 3 aromatic rings. The Morgan fingerprint density at radius 3 is 1.16 bits per heavy atom. The summed E-state index contributed by atoms with van der Waals surface area (Å²) in [6.45, 7) is 34.2. The molecule has 5 unspecified atom stereocenters. The summed E-state index contributed by atoms with van der Waals surface area (Å²) in [7, 11) is 5.94. The van der Waals surface area contributed by atoms with Gasteiger partial charge in [-0.1, -0.05) is 50.2 Å². The van der Waals surface area contributed by atoms with Crippen LogP contribution in [0.1, 0.15) is 234 Å². The van der Waals surface area contributed by atoms with Crippen molar-refractivity contribution in [2.24, 2.45) is 29.0 Å². The van der Waals surface area contributed by atoms with Crippen molar-refractivity contribution in [3.63, 3.8) is 0 Å². The molecule has 8 aliphatic heterocycles. The number of ketones is 3. The summed E-state index contributed by atoms with van der Waals surface area (Å²) in [5.41, 5.74) is 14.5. The largest absolute Gasteiger partial charge is 1.00 e. The number of aliphatic carboxylic acids is 2. The number of halogens is 2. The molecule has 8 saturated heterocycles. The summed E-state index contributed by atoms with van der Waals surface area (Å²) in [5.74, 6) is 6.18. The minimum absolute atomic E-state index is 0. The van der Waals surface area contributed by atoms with E-state index in [-0.39, 0.29) is 189 Å². The van der Waals surface area contributed by atoms with Gasteiger partial charge in [0.05, 0.1) is 81.7 Å². The predicted molar refractivity (Wildman–Crippen MR) is 570 cm³/mol. The van der Waals surface area contributed by atoms with Crippen LogP contribution in [0.3, 0.4) is 0 Å². The predicted octanol–water partition coefficient (Wildman–Crippen LogP) is 9.25. The molecular formula is C94H151Cl2N9NaO32P7S2. The number of piperidine rings is 4. The van der Waals surface area contributed by atoms with Crippen molar-refractivity contribution in [2.45, 2.75) is 305 Å². The number of aromatic hydroxyl groups is 1. The van der Waals surface area contributed by atoms with E-state index in [1.54, 1.807) is 68.1 Å². The van der Waals surface area contributed by atoms with Crippen LogP contribution in [0.25, 0.3) is 0 Å². The number of Topliss-reactive ketones (excluding diaryl/α,β-unsaturated/α-hetero) is 3. The van der Waals surface area contributed by atoms with E-state index >= 15 is 0 Å². The van der Waals surface area contributed by atoms with Crippen LogP contribution in [0.5, 0.6) is 5.75 Å². The van der Waals surface area contributed by atoms with Crippen LogP contribution in [0.15, 0.2) is 76.7 Å². The number of hydrogen-bond acceptors (Lipinski definition) is 32. The molecule has 41 nitrogen and oxygen atoms in total. The number of carbonyl (C=O) groups excluding carboxylic acids is 9. The zero-order valence-electron chi connectivity index (χ0n) is 86.7. The van der Waals surface area contributed by atoms with Gasteiger partial charge in [-0.05, 0) is 234 Å². The number of aldehydes is 1. The zero-order chi connectivity index (χ0) is 111. The van der Waals surface area contributed by atoms with E-state index in [0.717, 1.165) is 51.4 Å². The van der Waals surface area contributed by atoms with Gasteiger partial charge in [-0.3, -0.25) is 43.1 Å². The molecule has 4 amide bonds. The van der Waals surface area contributed by atoms with Crippen molar-refractivity contribution in [3.8, 4) is 42.3 Å². The van der Waals surface area contributed by atoms with Gasteiger partial charge >= 0.3 is 73.7 Å². The molecule has 53 heteroatoms. The Balaban J connectivity index is 0. The van der Waals surface area contributed by atoms with Crippen LogP contribution in [-0.4, -0.2) is 281 Å². The number of terminal acetylenes is 2. The second kappa shape index (κ2) is 69.0. The number of amides is 4. The number of aromatic nitrogens is 1. The summed E-state index contributed by atoms with van der Waals surface area (Å²) in [6.07, 6.45) is 21.6. The molecule has 0 bridgehead atoms. The Morgan fingerprint density at radius 1 is 0.605 bits per heavy atom. The van der Waals surface area contributed by atoms with Gasteiger partial charge in [-0.2, -0.15) is 0 Å². The maximum Gasteiger partial charge on any atom is 1.00 e. The van der Waals surface area contributed by atoms with Gasteiger partial charge in [-0.25, -0.2) is 45.3 Å². The molecule has 826 valence electrons. The molecule has 2 aromatic carbocycles. The quantitative estimate of drug-likeness (QED) is 0.0126. The number of likely N-dealkylation sites (tertiary alicyclic amines) is 4. The average Bonchev–Trinajstić information content (AvgIpc) is 1.80. The number of benzene rings is 2. The third-order valence-corrected chi connectivity index (χ3v) is 25.1. The maximum absolute atomic E-state index is 12.5. The summed E-state index contributed by atoms with van der Waals surface area (Å²) in [6, 6.07) is 16.6. The second-order valence-electron chi connectivity index (χ2n) is 39.1. The first kappa shape index (κ1) is 143. The number of phosphoric acid groups is 1. The Kier molecular flexibility index (Phi) is 67.2. The molecule has 12 N–H and O–H groups in total. The maximum atomic E-state index is 12.5. The molecule has 9 heterocycles. The number of phosphoric ester groups is 1. The molecule has 1 aromatic heterocycles. The van der Waals surface area contributed by atoms with E-state index in [0.29, 0.717) is 136 Å². The van der Waals surface area contributed by atoms with Crippen LogP contribution in [0.2, 0.25) is 0 Å². The SMILES string of the molecule is C#CC#CC#C.CC(C)(C)OC(=O)N1CCC2(CC1)CC(=O)CO2.CC(C)(C)OC(=O)N1CCC2(CC1)C[C@@H](N)CO2.CC(C)(C)OC(=O)N1CCC2(CC1)C[C@@H](N)CO2.CC(C)(C)OC(=O)N1CCC2(CC1)C[C@@H](NS(=O)(=O)c1ccccc1)CO2.CC(C)N.Cc1ncc(COP(=O)(O)O)c(C=O)c1O.Cl.O=C1CC[C@H](C(=O)O)C1.O=C1CC[C@H](C(=O)O)C1.O=CO[O-].O=S(=O)(Cl)c1ccccc1.PP.PP(P)P.[Na+]. The third kappa shape index (κ3) is 60.5. The molecule has 0 radical (unpaired) electrons. The zero-order valence-corrected chi connectivity index (χ0v) is 99.4. The van der Waals surface area contributed by atoms with E-state index in [4.69, 9.17) is 109 Å². The van der Waals surface area contributed by atoms with E-state index in [9.17, 15) is 74.5 Å². The van der Waals surface area contributed by atoms with Crippen LogP contribution in [-0.2, 0) is 106 Å². The topological polar surface area (TPSA) is 606 Å². The van der Waals surface area contributed by atoms with Crippen LogP contribution in [0, 0.1) is 55.3 Å². The van der Waals surface area contributed by atoms with E-state index in [1.807, 2.05) is 96.9 Å². The summed E-state index contributed by atoms with van der Waals surface area (Å²) in [4.78, 5) is 151. The number of pyridine rings is 1. The van der Waals surface area contributed by atoms with Crippen LogP contribution < -0.4 is 56.7 Å². The van der Waals surface area contributed by atoms with Crippen molar-refractivity contribution >= 4 is 168 Å². The van der Waals surface area contributed by atoms with Gasteiger partial charge < -0.3 is 110 Å². The number of sulfonamides is 1. The van der Waals surface area contributed by atoms with Crippen LogP contribution >= 0.6 is 82.5 Å². The van der Waals surface area contributed by atoms with Crippen molar-refractivity contribution in [1.29, 1.82) is 0 Å². The Morgan fingerprint density at radius 2 is 0.918 bits per heavy atom. The molecule has 2 saturated carbocycles. The van der Waals surface area contributed by atoms with Gasteiger partial charge in [0.1, 0.15) is 46.3 Å². The fourth-order valence-electron chi connectivity index (χ4n) is 15.1. The Labute approximate surface area is 910 Å². The van der Waals surface area contributed by atoms with Crippen molar-refractivity contribution in [1.82, 2.24) is 29.3 Å². The average molecular weight is 2290 g/mol. The normalized spacial score (nSPS) is 19.9. The fourth-order valence-corrected chi connectivity index (χ4v) is 17.4. The van der Waals surface area contributed by atoms with Gasteiger partial charge in [0.2, 0.25) is 10.0 Å². The second-order valence-corrected chi connectivity index (χ2v) is 56.3. The number of nitrogens with one attached hydrogen (secondary N) is 1. The first-order chi connectivity index (χ1) is 67.1. The number of nitrogens with zero attached hydrogens (tertiary/aromatic N) is 5. The molecule has 4 spiro atoms. The third-order valence-electron chi connectivity index (χ3n) is 21.7. The van der Waals surface area contributed by atoms with Crippen molar-refractivity contribution in [2.75, 3.05) is 78.8 Å². The van der Waals surface area contributed by atoms with Crippen molar-refractivity contribution in [3.05, 3.63) is 83.7 Å². The molecule has 2 aliphatic carbocycles. The number of aryl methyl sites for hydroxylation is 1. The summed E-state index contributed by atoms with van der Waals surface area (Å²) < 4.78 is 108. The molecule has 147 heavy (non-hydrogen) atoms. The molecule has 13 rings (SSSR count). The van der Waals surface area contributed by atoms with Gasteiger partial charge in [0, 0.05) is 125 Å². The first-order valence-electron chi connectivity index (χ1n) is 46.3. The number of carboxylic acid groups (broad SMARTS) is 2. The number of nitrogens with two attached hydrogens (primary N) is 3. The first-order valence-corrected chi connectivity index (χ1v) is 60.5. The summed E-state index contributed by atoms with van der Waals surface area (Å²) >= 11 is 0. The fraction of sp³-hybridized carbons (Fsp3) is 0.638. The minimum Gasteiger partial charge on any atom is -0.662 e. The number of rotatable bonds is 11. The Bertz CT molecular complexity index is 4920. The molecular weight excluding hydrogens is 2140 g/mol. The standard InChI is InChI=1S/C19H28N2O5S.2C13H24N2O3.C13H21NO4.C8H10NO6P.C6H5ClO2S.2C6H8O3.C6H2.C3H9N.CH2O3.ClH.Na.H6P4.H4P2/c1-18(2,3)26-17(22)21-11-9-19(10-12-21)13-15(14-25-19)20-27(23,24)16-7-5-4-6-8-16;2*1-12(2,3)18-11(16)15-6-4-13(5-7-15)8-10(14)9-17-13;1-12(2,3)18-11(16)14-6-4-13(5-7-14)8-10(15)9-17-13;1-5-8(11)7(3-10)6(2-9-5)4-15-16(12,13)14;7-10(8,9)6-4-2-1-3-5-6;2*7-5-2-1-4(3-5)6(8)9;1-3-5-6-4-2;1-3(2)4;2-1-4-3;;;1-4(2)3;1-2/h4-8,15,20H,9-14H2,1-3H3;2*10H,4-9,14H2,1-3H3;4-9H2,1-3H3;2-3,11H,4H2,1H3,(H2,12,13,14);1-5H;2*4H,1-3H2,(H,8,9);1-2H;3H,4H2,1-2H3;1,3H;1H;;1-3H2;1-2H2/q;;;;;;;;;;;;+1;;/p-1/t15-;2*10-;;;;2*4-;;;;;;;/m111...00......./s1. The monoisotopic (exact) mass is 2290 g/mol. The van der Waals surface area contributed by atoms with Gasteiger partial charge in [-0.15, -0.1) is 69.9 Å². The van der Waals surface area contributed by atoms with Gasteiger partial charge in [0.15, 0.2) is 12.1 Å². The number of ether oxygens (including phenoxy) is 8. The van der Waals surface area contributed by atoms with Crippen molar-refractivity contribution < 1.29 is 181 Å². The van der Waals surface area contributed by atoms with E-state index in [1.165, 1.54) is 25.3 Å².